The number of anilines is 1. The number of benzene rings is 2. The van der Waals surface area contributed by atoms with Gasteiger partial charge in [-0.1, -0.05) is 23.7 Å². The fourth-order valence-corrected chi connectivity index (χ4v) is 2.16. The predicted octanol–water partition coefficient (Wildman–Crippen LogP) is 4.05. The summed E-state index contributed by atoms with van der Waals surface area (Å²) in [6, 6.07) is 11.0. The molecule has 2 N–H and O–H groups in total. The van der Waals surface area contributed by atoms with Crippen molar-refractivity contribution in [3.05, 3.63) is 63.1 Å². The van der Waals surface area contributed by atoms with Crippen LogP contribution in [-0.4, -0.2) is 17.0 Å². The van der Waals surface area contributed by atoms with Crippen molar-refractivity contribution >= 4 is 45.1 Å². The molecule has 20 heavy (non-hydrogen) atoms. The van der Waals surface area contributed by atoms with Crippen LogP contribution < -0.4 is 5.32 Å². The monoisotopic (exact) mass is 353 g/mol. The number of amides is 1. The van der Waals surface area contributed by atoms with Crippen LogP contribution >= 0.6 is 27.5 Å². The third kappa shape index (κ3) is 3.18. The van der Waals surface area contributed by atoms with Crippen LogP contribution in [0.4, 0.5) is 5.69 Å². The molecule has 6 heteroatoms. The van der Waals surface area contributed by atoms with Gasteiger partial charge in [0.05, 0.1) is 21.8 Å². The molecule has 0 bridgehead atoms. The second kappa shape index (κ2) is 6.07. The average Bonchev–Trinajstić information content (AvgIpc) is 2.41. The minimum Gasteiger partial charge on any atom is -0.478 e. The highest BCUT2D eigenvalue weighted by Gasteiger charge is 2.13. The van der Waals surface area contributed by atoms with E-state index in [1.165, 1.54) is 12.1 Å². The largest absolute Gasteiger partial charge is 0.478 e. The Morgan fingerprint density at radius 2 is 1.85 bits per heavy atom. The average molecular weight is 355 g/mol. The summed E-state index contributed by atoms with van der Waals surface area (Å²) in [5.74, 6) is -1.47. The molecule has 0 spiro atoms. The number of carboxylic acid groups (broad SMARTS) is 1. The molecule has 102 valence electrons. The first-order chi connectivity index (χ1) is 9.49. The van der Waals surface area contributed by atoms with E-state index in [-0.39, 0.29) is 5.56 Å². The van der Waals surface area contributed by atoms with Crippen molar-refractivity contribution < 1.29 is 14.7 Å². The van der Waals surface area contributed by atoms with E-state index in [0.717, 1.165) is 0 Å². The number of aromatic carboxylic acids is 1. The Bertz CT molecular complexity index is 688. The van der Waals surface area contributed by atoms with Gasteiger partial charge in [0.2, 0.25) is 0 Å². The van der Waals surface area contributed by atoms with Crippen LogP contribution in [0.3, 0.4) is 0 Å². The summed E-state index contributed by atoms with van der Waals surface area (Å²) >= 11 is 9.20. The zero-order valence-electron chi connectivity index (χ0n) is 10.1. The highest BCUT2D eigenvalue weighted by Crippen LogP contribution is 2.25. The third-order valence-corrected chi connectivity index (χ3v) is 3.60. The minimum atomic E-state index is -1.06. The summed E-state index contributed by atoms with van der Waals surface area (Å²) in [6.45, 7) is 0. The van der Waals surface area contributed by atoms with Crippen LogP contribution in [0.1, 0.15) is 20.7 Å². The van der Waals surface area contributed by atoms with Crippen LogP contribution in [0.25, 0.3) is 0 Å². The van der Waals surface area contributed by atoms with Crippen molar-refractivity contribution in [2.75, 3.05) is 5.32 Å². The minimum absolute atomic E-state index is 0.0858. The summed E-state index contributed by atoms with van der Waals surface area (Å²) in [7, 11) is 0. The maximum Gasteiger partial charge on any atom is 0.335 e. The molecule has 0 aromatic heterocycles. The molecule has 2 aromatic rings. The molecule has 0 aliphatic rings. The molecule has 0 atom stereocenters. The standard InChI is InChI=1S/C14H9BrClNO3/c15-10-6-5-8(14(19)20)7-12(10)17-13(18)9-3-1-2-4-11(9)16/h1-7H,(H,17,18)(H,19,20). The van der Waals surface area contributed by atoms with Crippen molar-refractivity contribution in [3.63, 3.8) is 0 Å². The van der Waals surface area contributed by atoms with Gasteiger partial charge in [-0.15, -0.1) is 0 Å². The van der Waals surface area contributed by atoms with Gasteiger partial charge in [0.25, 0.3) is 5.91 Å². The van der Waals surface area contributed by atoms with Crippen molar-refractivity contribution in [3.8, 4) is 0 Å². The van der Waals surface area contributed by atoms with E-state index in [2.05, 4.69) is 21.2 Å². The fraction of sp³-hybridized carbons (Fsp3) is 0. The highest BCUT2D eigenvalue weighted by molar-refractivity contribution is 9.10. The van der Waals surface area contributed by atoms with Crippen molar-refractivity contribution in [1.82, 2.24) is 0 Å². The molecule has 0 radical (unpaired) electrons. The highest BCUT2D eigenvalue weighted by atomic mass is 79.9. The van der Waals surface area contributed by atoms with Gasteiger partial charge in [-0.3, -0.25) is 4.79 Å². The molecule has 0 aliphatic heterocycles. The van der Waals surface area contributed by atoms with Crippen molar-refractivity contribution in [1.29, 1.82) is 0 Å². The molecule has 0 aliphatic carbocycles. The molecule has 0 saturated heterocycles. The van der Waals surface area contributed by atoms with Gasteiger partial charge in [0, 0.05) is 4.47 Å². The van der Waals surface area contributed by atoms with Crippen LogP contribution in [0.2, 0.25) is 5.02 Å². The van der Waals surface area contributed by atoms with Gasteiger partial charge >= 0.3 is 5.97 Å². The normalized spacial score (nSPS) is 10.1. The molecule has 1 amide bonds. The number of nitrogens with one attached hydrogen (secondary N) is 1. The quantitative estimate of drug-likeness (QED) is 0.874. The molecule has 4 nitrogen and oxygen atoms in total. The Balaban J connectivity index is 2.30. The number of hydrogen-bond acceptors (Lipinski definition) is 2. The molecule has 2 aromatic carbocycles. The Kier molecular flexibility index (Phi) is 4.42. The summed E-state index contributed by atoms with van der Waals surface area (Å²) < 4.78 is 0.586. The predicted molar refractivity (Wildman–Crippen MR) is 80.5 cm³/mol. The fourth-order valence-electron chi connectivity index (χ4n) is 1.59. The van der Waals surface area contributed by atoms with E-state index in [4.69, 9.17) is 16.7 Å². The van der Waals surface area contributed by atoms with E-state index < -0.39 is 11.9 Å². The van der Waals surface area contributed by atoms with Crippen molar-refractivity contribution in [2.24, 2.45) is 0 Å². The van der Waals surface area contributed by atoms with Crippen LogP contribution in [-0.2, 0) is 0 Å². The van der Waals surface area contributed by atoms with E-state index in [1.807, 2.05) is 0 Å². The van der Waals surface area contributed by atoms with Crippen LogP contribution in [0.15, 0.2) is 46.9 Å². The summed E-state index contributed by atoms with van der Waals surface area (Å²) in [5.41, 5.74) is 0.777. The number of rotatable bonds is 3. The van der Waals surface area contributed by atoms with E-state index in [0.29, 0.717) is 20.7 Å². The number of hydrogen-bond donors (Lipinski definition) is 2. The zero-order chi connectivity index (χ0) is 14.7. The van der Waals surface area contributed by atoms with Crippen LogP contribution in [0, 0.1) is 0 Å². The van der Waals surface area contributed by atoms with Crippen LogP contribution in [0.5, 0.6) is 0 Å². The maximum absolute atomic E-state index is 12.1. The lowest BCUT2D eigenvalue weighted by atomic mass is 10.1. The molecule has 0 fully saturated rings. The third-order valence-electron chi connectivity index (χ3n) is 2.58. The Morgan fingerprint density at radius 1 is 1.15 bits per heavy atom. The van der Waals surface area contributed by atoms with Gasteiger partial charge in [0.15, 0.2) is 0 Å². The van der Waals surface area contributed by atoms with Gasteiger partial charge < -0.3 is 10.4 Å². The first-order valence-electron chi connectivity index (χ1n) is 5.58. The van der Waals surface area contributed by atoms with Gasteiger partial charge in [-0.05, 0) is 46.3 Å². The second-order valence-corrected chi connectivity index (χ2v) is 5.20. The molecular weight excluding hydrogens is 346 g/mol. The molecule has 0 saturated carbocycles. The molecule has 0 unspecified atom stereocenters. The lowest BCUT2D eigenvalue weighted by molar-refractivity contribution is 0.0696. The van der Waals surface area contributed by atoms with E-state index >= 15 is 0 Å². The topological polar surface area (TPSA) is 66.4 Å². The summed E-state index contributed by atoms with van der Waals surface area (Å²) in [6.07, 6.45) is 0. The lowest BCUT2D eigenvalue weighted by Gasteiger charge is -2.09. The molecule has 2 rings (SSSR count). The Morgan fingerprint density at radius 3 is 2.50 bits per heavy atom. The SMILES string of the molecule is O=C(O)c1ccc(Br)c(NC(=O)c2ccccc2Cl)c1. The number of carboxylic acids is 1. The summed E-state index contributed by atoms with van der Waals surface area (Å²) in [4.78, 5) is 23.0. The van der Waals surface area contributed by atoms with E-state index in [9.17, 15) is 9.59 Å². The van der Waals surface area contributed by atoms with Gasteiger partial charge in [0.1, 0.15) is 0 Å². The smallest absolute Gasteiger partial charge is 0.335 e. The van der Waals surface area contributed by atoms with E-state index in [1.54, 1.807) is 30.3 Å². The summed E-state index contributed by atoms with van der Waals surface area (Å²) in [5, 5.41) is 11.9. The van der Waals surface area contributed by atoms with Gasteiger partial charge in [-0.2, -0.15) is 0 Å². The first-order valence-corrected chi connectivity index (χ1v) is 6.75. The zero-order valence-corrected chi connectivity index (χ0v) is 12.4. The van der Waals surface area contributed by atoms with Gasteiger partial charge in [-0.25, -0.2) is 4.79 Å². The maximum atomic E-state index is 12.1. The lowest BCUT2D eigenvalue weighted by Crippen LogP contribution is -2.13. The van der Waals surface area contributed by atoms with Crippen molar-refractivity contribution in [2.45, 2.75) is 0 Å². The number of carbonyl (C=O) groups excluding carboxylic acids is 1. The molecule has 0 heterocycles. The first kappa shape index (κ1) is 14.6. The molecular formula is C14H9BrClNO3. The number of halogens is 2. The second-order valence-electron chi connectivity index (χ2n) is 3.93. The Hall–Kier alpha value is -1.85. The Labute approximate surface area is 128 Å². The number of carbonyl (C=O) groups is 2.